The van der Waals surface area contributed by atoms with Crippen molar-refractivity contribution in [3.05, 3.63) is 71.8 Å². The van der Waals surface area contributed by atoms with Crippen LogP contribution in [-0.2, 0) is 75.2 Å². The van der Waals surface area contributed by atoms with Crippen LogP contribution in [-0.4, -0.2) is 187 Å². The first-order valence-corrected chi connectivity index (χ1v) is 25.5. The third-order valence-electron chi connectivity index (χ3n) is 11.9. The zero-order valence-corrected chi connectivity index (χ0v) is 44.9. The number of aliphatic hydroxyl groups excluding tert-OH is 3. The fourth-order valence-electron chi connectivity index (χ4n) is 7.51. The number of primary amides is 1. The summed E-state index contributed by atoms with van der Waals surface area (Å²) in [5, 5.41) is 79.0. The number of hydrogen-bond acceptors (Lipinski definition) is 17. The highest BCUT2D eigenvalue weighted by atomic mass is 16.4. The van der Waals surface area contributed by atoms with Gasteiger partial charge in [-0.25, -0.2) is 0 Å². The monoisotopic (exact) mass is 1140 g/mol. The fourth-order valence-corrected chi connectivity index (χ4v) is 7.51. The van der Waals surface area contributed by atoms with Crippen LogP contribution in [0, 0.1) is 5.92 Å². The molecule has 30 heteroatoms. The SMILES string of the molecule is CC(C)C[C@H](NC(=O)[C@H](Cc1ccccc1)NC(=O)[C@H](CCC(=O)O)NC(=O)[C@@H](NC(=O)[C@@H](N)CO)[C@@H](C)O)C(=O)N[C@@H](CO)C(=O)N[C@@H](Cc1ccccc1)C(=O)N[C@@H](CCC(N)=O)C(=O)N[C@@H](CC(=O)O)C(=O)N[C@@H](C)C(=O)O. The maximum absolute atomic E-state index is 14.3. The Kier molecular flexibility index (Phi) is 29.1. The van der Waals surface area contributed by atoms with Crippen LogP contribution in [0.15, 0.2) is 60.7 Å². The van der Waals surface area contributed by atoms with Crippen LogP contribution in [0.3, 0.4) is 0 Å². The van der Waals surface area contributed by atoms with Gasteiger partial charge in [-0.15, -0.1) is 0 Å². The van der Waals surface area contributed by atoms with Gasteiger partial charge in [0.05, 0.1) is 25.7 Å². The molecular formula is C51H73N11O19. The number of carbonyl (C=O) groups is 13. The lowest BCUT2D eigenvalue weighted by Crippen LogP contribution is -2.62. The van der Waals surface area contributed by atoms with E-state index in [1.807, 2.05) is 5.32 Å². The maximum atomic E-state index is 14.3. The number of carboxylic acid groups (broad SMARTS) is 3. The number of amides is 10. The molecule has 0 saturated carbocycles. The van der Waals surface area contributed by atoms with Crippen LogP contribution < -0.4 is 59.3 Å². The van der Waals surface area contributed by atoms with Crippen LogP contribution in [0.4, 0.5) is 0 Å². The number of rotatable bonds is 36. The molecule has 0 spiro atoms. The Hall–Kier alpha value is -8.61. The molecule has 10 amide bonds. The molecule has 0 aliphatic rings. The van der Waals surface area contributed by atoms with Gasteiger partial charge >= 0.3 is 17.9 Å². The second kappa shape index (κ2) is 34.4. The van der Waals surface area contributed by atoms with E-state index < -0.39 is 189 Å². The number of aliphatic carboxylic acids is 3. The van der Waals surface area contributed by atoms with Crippen LogP contribution in [0.25, 0.3) is 0 Å². The van der Waals surface area contributed by atoms with Crippen molar-refractivity contribution in [1.82, 2.24) is 47.9 Å². The van der Waals surface area contributed by atoms with Gasteiger partial charge in [0.1, 0.15) is 60.4 Å². The van der Waals surface area contributed by atoms with Crippen LogP contribution in [0.5, 0.6) is 0 Å². The first-order valence-electron chi connectivity index (χ1n) is 25.5. The van der Waals surface area contributed by atoms with Gasteiger partial charge < -0.3 is 90.0 Å². The van der Waals surface area contributed by atoms with Crippen molar-refractivity contribution in [2.75, 3.05) is 13.2 Å². The second-order valence-corrected chi connectivity index (χ2v) is 19.2. The van der Waals surface area contributed by atoms with Crippen LogP contribution in [0.2, 0.25) is 0 Å². The number of hydrogen-bond donors (Lipinski definition) is 17. The highest BCUT2D eigenvalue weighted by molar-refractivity contribution is 5.99. The van der Waals surface area contributed by atoms with Gasteiger partial charge in [-0.1, -0.05) is 74.5 Å². The summed E-state index contributed by atoms with van der Waals surface area (Å²) >= 11 is 0. The summed E-state index contributed by atoms with van der Waals surface area (Å²) in [6.45, 7) is 3.59. The number of nitrogens with two attached hydrogens (primary N) is 2. The van der Waals surface area contributed by atoms with E-state index in [9.17, 15) is 93.0 Å². The number of benzene rings is 2. The Bertz CT molecular complexity index is 2520. The van der Waals surface area contributed by atoms with Gasteiger partial charge in [-0.05, 0) is 50.2 Å². The summed E-state index contributed by atoms with van der Waals surface area (Å²) in [5.41, 5.74) is 11.7. The van der Waals surface area contributed by atoms with Crippen molar-refractivity contribution in [3.63, 3.8) is 0 Å². The Balaban J connectivity index is 2.50. The van der Waals surface area contributed by atoms with Crippen molar-refractivity contribution in [1.29, 1.82) is 0 Å². The molecule has 81 heavy (non-hydrogen) atoms. The van der Waals surface area contributed by atoms with E-state index >= 15 is 0 Å². The largest absolute Gasteiger partial charge is 0.481 e. The molecule has 2 aromatic rings. The molecule has 0 unspecified atom stereocenters. The van der Waals surface area contributed by atoms with Crippen molar-refractivity contribution < 1.29 is 93.0 Å². The fraction of sp³-hybridized carbons (Fsp3) is 0.510. The smallest absolute Gasteiger partial charge is 0.325 e. The van der Waals surface area contributed by atoms with Crippen LogP contribution in [0.1, 0.15) is 77.3 Å². The van der Waals surface area contributed by atoms with Crippen LogP contribution >= 0.6 is 0 Å². The molecule has 19 N–H and O–H groups in total. The molecule has 0 saturated heterocycles. The third kappa shape index (κ3) is 24.9. The summed E-state index contributed by atoms with van der Waals surface area (Å²) in [5.74, 6) is -15.9. The molecule has 0 aliphatic carbocycles. The van der Waals surface area contributed by atoms with Gasteiger partial charge in [0.15, 0.2) is 0 Å². The van der Waals surface area contributed by atoms with Gasteiger partial charge in [0.25, 0.3) is 0 Å². The number of nitrogens with one attached hydrogen (secondary N) is 9. The summed E-state index contributed by atoms with van der Waals surface area (Å²) in [7, 11) is 0. The Morgan fingerprint density at radius 3 is 1.27 bits per heavy atom. The molecule has 0 fully saturated rings. The van der Waals surface area contributed by atoms with Gasteiger partial charge in [-0.2, -0.15) is 0 Å². The predicted molar refractivity (Wildman–Crippen MR) is 282 cm³/mol. The maximum Gasteiger partial charge on any atom is 0.325 e. The Morgan fingerprint density at radius 1 is 0.457 bits per heavy atom. The number of carboxylic acids is 3. The molecule has 30 nitrogen and oxygen atoms in total. The molecule has 2 rings (SSSR count). The molecule has 0 radical (unpaired) electrons. The lowest BCUT2D eigenvalue weighted by molar-refractivity contribution is -0.143. The summed E-state index contributed by atoms with van der Waals surface area (Å²) in [4.78, 5) is 170. The zero-order chi connectivity index (χ0) is 61.1. The van der Waals surface area contributed by atoms with Crippen molar-refractivity contribution >= 4 is 77.0 Å². The van der Waals surface area contributed by atoms with Gasteiger partial charge in [-0.3, -0.25) is 62.3 Å². The average molecular weight is 1140 g/mol. The second-order valence-electron chi connectivity index (χ2n) is 19.2. The summed E-state index contributed by atoms with van der Waals surface area (Å²) in [6.07, 6.45) is -5.72. The number of aliphatic hydroxyl groups is 3. The molecule has 446 valence electrons. The Morgan fingerprint density at radius 2 is 0.852 bits per heavy atom. The molecule has 0 aliphatic heterocycles. The predicted octanol–water partition coefficient (Wildman–Crippen LogP) is -5.72. The minimum atomic E-state index is -1.89. The van der Waals surface area contributed by atoms with E-state index in [1.165, 1.54) is 0 Å². The molecule has 0 aromatic heterocycles. The van der Waals surface area contributed by atoms with Crippen molar-refractivity contribution in [2.45, 2.75) is 146 Å². The standard InChI is InChI=1S/C51H73N11O19/c1-25(2)19-33(57-48(77)35(21-29-13-9-6-10-14-29)58-44(73)32(16-18-39(67)68)56-50(79)41(27(4)65)62-42(71)30(52)23-63)46(75)61-37(24-64)49(78)59-34(20-28-11-7-5-8-12-28)47(76)55-31(15-17-38(53)66)43(72)60-36(22-40(69)70)45(74)54-26(3)51(80)81/h5-14,25-27,30-37,41,63-65H,15-24,52H2,1-4H3,(H2,53,66)(H,54,74)(H,55,76)(H,56,79)(H,57,77)(H,58,73)(H,59,78)(H,60,72)(H,61,75)(H,62,71)(H,67,68)(H,69,70)(H,80,81)/t26-,27+,30-,31-,32-,33-,34-,35-,36-,37-,41-/m0/s1. The molecule has 0 bridgehead atoms. The van der Waals surface area contributed by atoms with E-state index in [-0.39, 0.29) is 25.2 Å². The van der Waals surface area contributed by atoms with Gasteiger partial charge in [0.2, 0.25) is 59.1 Å². The van der Waals surface area contributed by atoms with Crippen molar-refractivity contribution in [2.24, 2.45) is 17.4 Å². The minimum absolute atomic E-state index is 0.131. The summed E-state index contributed by atoms with van der Waals surface area (Å²) in [6, 6.07) is -0.719. The van der Waals surface area contributed by atoms with Gasteiger partial charge in [0, 0.05) is 25.7 Å². The molecular weight excluding hydrogens is 1070 g/mol. The topological polar surface area (TPSA) is 504 Å². The third-order valence-corrected chi connectivity index (χ3v) is 11.9. The van der Waals surface area contributed by atoms with Crippen molar-refractivity contribution in [3.8, 4) is 0 Å². The Labute approximate surface area is 464 Å². The quantitative estimate of drug-likeness (QED) is 0.0302. The van der Waals surface area contributed by atoms with E-state index in [0.29, 0.717) is 11.1 Å². The number of carbonyl (C=O) groups excluding carboxylic acids is 10. The summed E-state index contributed by atoms with van der Waals surface area (Å²) < 4.78 is 0. The molecule has 0 heterocycles. The van der Waals surface area contributed by atoms with E-state index in [4.69, 9.17) is 11.5 Å². The van der Waals surface area contributed by atoms with E-state index in [2.05, 4.69) is 42.5 Å². The normalized spacial score (nSPS) is 15.1. The highest BCUT2D eigenvalue weighted by Gasteiger charge is 2.37. The zero-order valence-electron chi connectivity index (χ0n) is 44.9. The average Bonchev–Trinajstić information content (AvgIpc) is 3.42. The minimum Gasteiger partial charge on any atom is -0.481 e. The van der Waals surface area contributed by atoms with E-state index in [1.54, 1.807) is 74.5 Å². The molecule has 2 aromatic carbocycles. The molecule has 11 atom stereocenters. The first-order chi connectivity index (χ1) is 38.1. The lowest BCUT2D eigenvalue weighted by atomic mass is 10.00. The lowest BCUT2D eigenvalue weighted by Gasteiger charge is -2.28. The first kappa shape index (κ1) is 68.5. The van der Waals surface area contributed by atoms with E-state index in [0.717, 1.165) is 13.8 Å². The highest BCUT2D eigenvalue weighted by Crippen LogP contribution is 2.12.